The molecule has 1 aromatic carbocycles. The third-order valence-electron chi connectivity index (χ3n) is 2.03. The van der Waals surface area contributed by atoms with E-state index < -0.39 is 12.2 Å². The van der Waals surface area contributed by atoms with Crippen molar-refractivity contribution in [1.29, 1.82) is 0 Å². The molecule has 0 saturated heterocycles. The third-order valence-corrected chi connectivity index (χ3v) is 3.06. The van der Waals surface area contributed by atoms with Crippen LogP contribution in [0.3, 0.4) is 0 Å². The van der Waals surface area contributed by atoms with Crippen molar-refractivity contribution < 1.29 is 13.7 Å². The maximum absolute atomic E-state index is 11.4. The quantitative estimate of drug-likeness (QED) is 0.626. The summed E-state index contributed by atoms with van der Waals surface area (Å²) in [5.41, 5.74) is 0.867. The zero-order chi connectivity index (χ0) is 12.3. The first kappa shape index (κ1) is 12.4. The lowest BCUT2D eigenvalue weighted by molar-refractivity contribution is -0.150. The summed E-state index contributed by atoms with van der Waals surface area (Å²) in [5.74, 6) is -0.469. The van der Waals surface area contributed by atoms with Crippen LogP contribution in [0.15, 0.2) is 29.3 Å². The zero-order valence-electron chi connectivity index (χ0n) is 9.05. The van der Waals surface area contributed by atoms with Gasteiger partial charge in [-0.15, -0.1) is 0 Å². The summed E-state index contributed by atoms with van der Waals surface area (Å²) >= 11 is 6.86. The van der Waals surface area contributed by atoms with Crippen molar-refractivity contribution in [2.75, 3.05) is 6.61 Å². The Bertz CT molecular complexity index is 447. The Hall–Kier alpha value is -1.04. The molecular formula is C11H10ClNO3S. The van der Waals surface area contributed by atoms with Gasteiger partial charge in [0.1, 0.15) is 5.04 Å². The largest absolute Gasteiger partial charge is 0.463 e. The number of hydrogen-bond acceptors (Lipinski definition) is 5. The second-order valence-corrected chi connectivity index (χ2v) is 4.41. The molecule has 1 heterocycles. The SMILES string of the molecule is CCOC(=O)C1N=C(c2ccc(Cl)cc2)SO1. The third kappa shape index (κ3) is 3.00. The van der Waals surface area contributed by atoms with E-state index in [0.29, 0.717) is 16.7 Å². The first-order valence-corrected chi connectivity index (χ1v) is 6.16. The molecule has 1 atom stereocenters. The van der Waals surface area contributed by atoms with Crippen LogP contribution in [0, 0.1) is 0 Å². The van der Waals surface area contributed by atoms with Crippen LogP contribution < -0.4 is 0 Å². The summed E-state index contributed by atoms with van der Waals surface area (Å²) in [7, 11) is 0. The van der Waals surface area contributed by atoms with Gasteiger partial charge in [-0.1, -0.05) is 23.7 Å². The van der Waals surface area contributed by atoms with Gasteiger partial charge < -0.3 is 4.74 Å². The number of rotatable bonds is 3. The van der Waals surface area contributed by atoms with Crippen LogP contribution in [0.2, 0.25) is 5.02 Å². The molecule has 0 spiro atoms. The fraction of sp³-hybridized carbons (Fsp3) is 0.273. The molecule has 1 aromatic rings. The molecule has 1 aliphatic rings. The van der Waals surface area contributed by atoms with Gasteiger partial charge >= 0.3 is 5.97 Å². The molecule has 0 amide bonds. The first-order valence-electron chi connectivity index (χ1n) is 5.04. The van der Waals surface area contributed by atoms with Gasteiger partial charge in [0.05, 0.1) is 18.6 Å². The number of aliphatic imine (C=N–C) groups is 1. The van der Waals surface area contributed by atoms with Crippen molar-refractivity contribution in [2.45, 2.75) is 13.2 Å². The summed E-state index contributed by atoms with van der Waals surface area (Å²) in [4.78, 5) is 15.5. The van der Waals surface area contributed by atoms with E-state index in [1.165, 1.54) is 0 Å². The van der Waals surface area contributed by atoms with Gasteiger partial charge in [0.25, 0.3) is 6.23 Å². The van der Waals surface area contributed by atoms with Crippen LogP contribution >= 0.6 is 23.6 Å². The molecule has 0 saturated carbocycles. The van der Waals surface area contributed by atoms with Gasteiger partial charge in [-0.25, -0.2) is 9.79 Å². The monoisotopic (exact) mass is 271 g/mol. The highest BCUT2D eigenvalue weighted by atomic mass is 35.5. The molecule has 0 radical (unpaired) electrons. The summed E-state index contributed by atoms with van der Waals surface area (Å²) < 4.78 is 9.99. The second kappa shape index (κ2) is 5.53. The van der Waals surface area contributed by atoms with Crippen molar-refractivity contribution in [3.05, 3.63) is 34.9 Å². The van der Waals surface area contributed by atoms with Crippen LogP contribution in [-0.2, 0) is 13.7 Å². The fourth-order valence-electron chi connectivity index (χ4n) is 1.26. The van der Waals surface area contributed by atoms with E-state index in [1.54, 1.807) is 19.1 Å². The summed E-state index contributed by atoms with van der Waals surface area (Å²) in [6.45, 7) is 2.05. The molecule has 0 fully saturated rings. The standard InChI is InChI=1S/C11H10ClNO3S/c1-2-15-11(14)9-13-10(17-16-9)7-3-5-8(12)6-4-7/h3-6,9H,2H2,1H3. The molecule has 0 bridgehead atoms. The predicted molar refractivity (Wildman–Crippen MR) is 67.1 cm³/mol. The maximum atomic E-state index is 11.4. The van der Waals surface area contributed by atoms with E-state index in [9.17, 15) is 4.79 Å². The van der Waals surface area contributed by atoms with Gasteiger partial charge in [0.15, 0.2) is 0 Å². The Morgan fingerprint density at radius 3 is 2.88 bits per heavy atom. The Balaban J connectivity index is 2.11. The first-order chi connectivity index (χ1) is 8.20. The van der Waals surface area contributed by atoms with Crippen molar-refractivity contribution in [3.63, 3.8) is 0 Å². The number of halogens is 1. The number of benzene rings is 1. The molecule has 1 unspecified atom stereocenters. The number of carbonyl (C=O) groups excluding carboxylic acids is 1. The van der Waals surface area contributed by atoms with Gasteiger partial charge in [0, 0.05) is 10.6 Å². The molecule has 6 heteroatoms. The van der Waals surface area contributed by atoms with E-state index in [1.807, 2.05) is 12.1 Å². The van der Waals surface area contributed by atoms with Crippen LogP contribution in [0.4, 0.5) is 0 Å². The lowest BCUT2D eigenvalue weighted by atomic mass is 10.2. The van der Waals surface area contributed by atoms with Gasteiger partial charge in [-0.3, -0.25) is 4.18 Å². The van der Waals surface area contributed by atoms with E-state index in [2.05, 4.69) is 4.99 Å². The molecule has 90 valence electrons. The van der Waals surface area contributed by atoms with Crippen LogP contribution in [0.5, 0.6) is 0 Å². The topological polar surface area (TPSA) is 47.9 Å². The average molecular weight is 272 g/mol. The number of nitrogens with zero attached hydrogens (tertiary/aromatic N) is 1. The van der Waals surface area contributed by atoms with Crippen molar-refractivity contribution in [2.24, 2.45) is 4.99 Å². The minimum Gasteiger partial charge on any atom is -0.463 e. The van der Waals surface area contributed by atoms with Crippen LogP contribution in [-0.4, -0.2) is 23.8 Å². The van der Waals surface area contributed by atoms with E-state index in [0.717, 1.165) is 17.6 Å². The molecule has 0 aliphatic carbocycles. The fourth-order valence-corrected chi connectivity index (χ4v) is 2.06. The zero-order valence-corrected chi connectivity index (χ0v) is 10.6. The Morgan fingerprint density at radius 1 is 1.53 bits per heavy atom. The summed E-state index contributed by atoms with van der Waals surface area (Å²) in [6.07, 6.45) is -0.870. The molecule has 0 N–H and O–H groups in total. The average Bonchev–Trinajstić information content (AvgIpc) is 2.80. The number of ether oxygens (including phenoxy) is 1. The molecule has 17 heavy (non-hydrogen) atoms. The minimum absolute atomic E-state index is 0.315. The smallest absolute Gasteiger partial charge is 0.359 e. The van der Waals surface area contributed by atoms with E-state index >= 15 is 0 Å². The van der Waals surface area contributed by atoms with Gasteiger partial charge in [-0.2, -0.15) is 0 Å². The molecular weight excluding hydrogens is 262 g/mol. The Kier molecular flexibility index (Phi) is 4.04. The van der Waals surface area contributed by atoms with Crippen molar-refractivity contribution in [1.82, 2.24) is 0 Å². The highest BCUT2D eigenvalue weighted by Crippen LogP contribution is 2.26. The highest BCUT2D eigenvalue weighted by Gasteiger charge is 2.28. The molecule has 0 aromatic heterocycles. The van der Waals surface area contributed by atoms with E-state index in [4.69, 9.17) is 20.5 Å². The molecule has 1 aliphatic heterocycles. The van der Waals surface area contributed by atoms with Crippen molar-refractivity contribution in [3.8, 4) is 0 Å². The number of hydrogen-bond donors (Lipinski definition) is 0. The van der Waals surface area contributed by atoms with Crippen molar-refractivity contribution >= 4 is 34.7 Å². The Morgan fingerprint density at radius 2 is 2.24 bits per heavy atom. The summed E-state index contributed by atoms with van der Waals surface area (Å²) in [6, 6.07) is 7.17. The summed E-state index contributed by atoms with van der Waals surface area (Å²) in [5, 5.41) is 1.31. The highest BCUT2D eigenvalue weighted by molar-refractivity contribution is 8.10. The van der Waals surface area contributed by atoms with Crippen LogP contribution in [0.25, 0.3) is 0 Å². The van der Waals surface area contributed by atoms with Gasteiger partial charge in [-0.05, 0) is 19.1 Å². The normalized spacial score (nSPS) is 18.9. The lowest BCUT2D eigenvalue weighted by Gasteiger charge is -2.03. The lowest BCUT2D eigenvalue weighted by Crippen LogP contribution is -2.20. The van der Waals surface area contributed by atoms with E-state index in [-0.39, 0.29) is 0 Å². The second-order valence-electron chi connectivity index (χ2n) is 3.23. The maximum Gasteiger partial charge on any atom is 0.359 e. The molecule has 4 nitrogen and oxygen atoms in total. The minimum atomic E-state index is -0.870. The number of esters is 1. The van der Waals surface area contributed by atoms with Gasteiger partial charge in [0.2, 0.25) is 0 Å². The number of carbonyl (C=O) groups is 1. The van der Waals surface area contributed by atoms with Crippen LogP contribution in [0.1, 0.15) is 12.5 Å². The molecule has 2 rings (SSSR count). The Labute approximate surface area is 108 Å². The predicted octanol–water partition coefficient (Wildman–Crippen LogP) is 2.65.